The second kappa shape index (κ2) is 5.77. The van der Waals surface area contributed by atoms with Crippen molar-refractivity contribution in [2.45, 2.75) is 0 Å². The molecule has 0 heterocycles. The van der Waals surface area contributed by atoms with Crippen molar-refractivity contribution in [1.29, 1.82) is 0 Å². The highest BCUT2D eigenvalue weighted by molar-refractivity contribution is 5.89. The molecule has 2 rings (SSSR count). The summed E-state index contributed by atoms with van der Waals surface area (Å²) in [5.74, 6) is -1.27. The third-order valence-electron chi connectivity index (χ3n) is 2.41. The van der Waals surface area contributed by atoms with Gasteiger partial charge in [0.1, 0.15) is 5.82 Å². The second-order valence-corrected chi connectivity index (χ2v) is 3.80. The average Bonchev–Trinajstić information content (AvgIpc) is 2.41. The number of rotatable bonds is 4. The van der Waals surface area contributed by atoms with Gasteiger partial charge >= 0.3 is 5.97 Å². The van der Waals surface area contributed by atoms with Crippen LogP contribution in [-0.2, 0) is 0 Å². The summed E-state index contributed by atoms with van der Waals surface area (Å²) in [6, 6.07) is 12.1. The molecule has 0 amide bonds. The summed E-state index contributed by atoms with van der Waals surface area (Å²) in [6.45, 7) is 0. The third kappa shape index (κ3) is 3.64. The lowest BCUT2D eigenvalue weighted by atomic mass is 10.1. The van der Waals surface area contributed by atoms with Crippen LogP contribution < -0.4 is 5.43 Å². The number of carboxylic acid groups (broad SMARTS) is 1. The number of benzene rings is 2. The Balaban J connectivity index is 1.98. The molecule has 0 unspecified atom stereocenters. The number of aromatic carboxylic acids is 1. The van der Waals surface area contributed by atoms with Crippen LogP contribution in [0.4, 0.5) is 10.1 Å². The number of anilines is 1. The van der Waals surface area contributed by atoms with Crippen LogP contribution in [0.25, 0.3) is 0 Å². The van der Waals surface area contributed by atoms with Crippen LogP contribution >= 0.6 is 0 Å². The van der Waals surface area contributed by atoms with E-state index in [9.17, 15) is 9.18 Å². The molecule has 0 aliphatic carbocycles. The maximum Gasteiger partial charge on any atom is 0.335 e. The van der Waals surface area contributed by atoms with E-state index in [4.69, 9.17) is 5.11 Å². The van der Waals surface area contributed by atoms with Gasteiger partial charge in [-0.1, -0.05) is 12.1 Å². The van der Waals surface area contributed by atoms with Crippen LogP contribution in [-0.4, -0.2) is 17.3 Å². The maximum absolute atomic E-state index is 12.7. The second-order valence-electron chi connectivity index (χ2n) is 3.80. The van der Waals surface area contributed by atoms with Crippen LogP contribution in [0.3, 0.4) is 0 Å². The molecule has 2 aromatic carbocycles. The van der Waals surface area contributed by atoms with Crippen molar-refractivity contribution in [3.8, 4) is 0 Å². The SMILES string of the molecule is O=C(O)c1ccc(/C=N/Nc2ccc(F)cc2)cc1. The molecule has 4 nitrogen and oxygen atoms in total. The molecule has 0 bridgehead atoms. The average molecular weight is 258 g/mol. The van der Waals surface area contributed by atoms with E-state index < -0.39 is 5.97 Å². The van der Waals surface area contributed by atoms with Gasteiger partial charge < -0.3 is 5.11 Å². The number of hydrogen-bond acceptors (Lipinski definition) is 3. The first-order valence-electron chi connectivity index (χ1n) is 5.53. The van der Waals surface area contributed by atoms with E-state index in [0.29, 0.717) is 5.69 Å². The lowest BCUT2D eigenvalue weighted by Crippen LogP contribution is -1.96. The number of carbonyl (C=O) groups is 1. The summed E-state index contributed by atoms with van der Waals surface area (Å²) in [5, 5.41) is 12.7. The Hall–Kier alpha value is -2.69. The molecule has 0 fully saturated rings. The summed E-state index contributed by atoms with van der Waals surface area (Å²) in [6.07, 6.45) is 1.55. The highest BCUT2D eigenvalue weighted by Crippen LogP contribution is 2.08. The molecular formula is C14H11FN2O2. The monoisotopic (exact) mass is 258 g/mol. The molecule has 0 aliphatic rings. The standard InChI is InChI=1S/C14H11FN2O2/c15-12-5-7-13(8-6-12)17-16-9-10-1-3-11(4-2-10)14(18)19/h1-9,17H,(H,18,19)/b16-9+. The van der Waals surface area contributed by atoms with Crippen molar-refractivity contribution in [2.75, 3.05) is 5.43 Å². The van der Waals surface area contributed by atoms with Gasteiger partial charge in [-0.25, -0.2) is 9.18 Å². The van der Waals surface area contributed by atoms with E-state index in [1.165, 1.54) is 24.3 Å². The molecule has 2 aromatic rings. The van der Waals surface area contributed by atoms with E-state index in [0.717, 1.165) is 5.56 Å². The molecule has 0 saturated carbocycles. The number of nitrogens with zero attached hydrogens (tertiary/aromatic N) is 1. The van der Waals surface area contributed by atoms with Gasteiger partial charge in [0, 0.05) is 0 Å². The minimum Gasteiger partial charge on any atom is -0.478 e. The van der Waals surface area contributed by atoms with Crippen molar-refractivity contribution in [1.82, 2.24) is 0 Å². The first kappa shape index (κ1) is 12.8. The van der Waals surface area contributed by atoms with E-state index in [2.05, 4.69) is 10.5 Å². The number of nitrogens with one attached hydrogen (secondary N) is 1. The smallest absolute Gasteiger partial charge is 0.335 e. The predicted molar refractivity (Wildman–Crippen MR) is 71.0 cm³/mol. The fourth-order valence-corrected chi connectivity index (χ4v) is 1.42. The number of halogens is 1. The molecule has 0 spiro atoms. The summed E-state index contributed by atoms with van der Waals surface area (Å²) in [4.78, 5) is 10.7. The molecule has 0 saturated heterocycles. The van der Waals surface area contributed by atoms with Gasteiger partial charge in [-0.2, -0.15) is 5.10 Å². The Labute approximate surface area is 109 Å². The van der Waals surface area contributed by atoms with E-state index >= 15 is 0 Å². The van der Waals surface area contributed by atoms with Crippen molar-refractivity contribution in [2.24, 2.45) is 5.10 Å². The first-order chi connectivity index (χ1) is 9.15. The summed E-state index contributed by atoms with van der Waals surface area (Å²) in [7, 11) is 0. The molecule has 96 valence electrons. The van der Waals surface area contributed by atoms with Crippen LogP contribution in [0.5, 0.6) is 0 Å². The number of hydrogen-bond donors (Lipinski definition) is 2. The molecule has 0 aliphatic heterocycles. The topological polar surface area (TPSA) is 61.7 Å². The fraction of sp³-hybridized carbons (Fsp3) is 0. The molecule has 0 aromatic heterocycles. The Morgan fingerprint density at radius 3 is 2.32 bits per heavy atom. The number of carboxylic acids is 1. The van der Waals surface area contributed by atoms with Crippen LogP contribution in [0, 0.1) is 5.82 Å². The molecule has 5 heteroatoms. The van der Waals surface area contributed by atoms with Crippen molar-refractivity contribution in [3.63, 3.8) is 0 Å². The van der Waals surface area contributed by atoms with Crippen LogP contribution in [0.15, 0.2) is 53.6 Å². The fourth-order valence-electron chi connectivity index (χ4n) is 1.42. The summed E-state index contributed by atoms with van der Waals surface area (Å²) < 4.78 is 12.7. The van der Waals surface area contributed by atoms with E-state index in [1.807, 2.05) is 0 Å². The predicted octanol–water partition coefficient (Wildman–Crippen LogP) is 2.97. The Morgan fingerprint density at radius 2 is 1.74 bits per heavy atom. The minimum absolute atomic E-state index is 0.226. The van der Waals surface area contributed by atoms with Gasteiger partial charge in [0.25, 0.3) is 0 Å². The first-order valence-corrected chi connectivity index (χ1v) is 5.53. The van der Waals surface area contributed by atoms with Crippen LogP contribution in [0.2, 0.25) is 0 Å². The Kier molecular flexibility index (Phi) is 3.87. The van der Waals surface area contributed by atoms with Gasteiger partial charge in [-0.3, -0.25) is 5.43 Å². The highest BCUT2D eigenvalue weighted by atomic mass is 19.1. The zero-order valence-electron chi connectivity index (χ0n) is 9.88. The van der Waals surface area contributed by atoms with Gasteiger partial charge in [0.15, 0.2) is 0 Å². The highest BCUT2D eigenvalue weighted by Gasteiger charge is 2.00. The molecule has 0 radical (unpaired) electrons. The normalized spacial score (nSPS) is 10.6. The summed E-state index contributed by atoms with van der Waals surface area (Å²) in [5.41, 5.74) is 4.40. The van der Waals surface area contributed by atoms with Crippen LogP contribution in [0.1, 0.15) is 15.9 Å². The van der Waals surface area contributed by atoms with E-state index in [1.54, 1.807) is 30.5 Å². The van der Waals surface area contributed by atoms with Crippen molar-refractivity contribution >= 4 is 17.9 Å². The zero-order chi connectivity index (χ0) is 13.7. The van der Waals surface area contributed by atoms with Gasteiger partial charge in [-0.15, -0.1) is 0 Å². The zero-order valence-corrected chi connectivity index (χ0v) is 9.88. The van der Waals surface area contributed by atoms with E-state index in [-0.39, 0.29) is 11.4 Å². The van der Waals surface area contributed by atoms with Gasteiger partial charge in [0.2, 0.25) is 0 Å². The largest absolute Gasteiger partial charge is 0.478 e. The van der Waals surface area contributed by atoms with Gasteiger partial charge in [-0.05, 0) is 42.0 Å². The molecular weight excluding hydrogens is 247 g/mol. The Bertz CT molecular complexity index is 592. The molecule has 2 N–H and O–H groups in total. The molecule has 19 heavy (non-hydrogen) atoms. The maximum atomic E-state index is 12.7. The summed E-state index contributed by atoms with van der Waals surface area (Å²) >= 11 is 0. The Morgan fingerprint density at radius 1 is 1.11 bits per heavy atom. The lowest BCUT2D eigenvalue weighted by Gasteiger charge is -1.99. The minimum atomic E-state index is -0.965. The number of hydrazone groups is 1. The van der Waals surface area contributed by atoms with Gasteiger partial charge in [0.05, 0.1) is 17.5 Å². The van der Waals surface area contributed by atoms with Crippen molar-refractivity contribution < 1.29 is 14.3 Å². The van der Waals surface area contributed by atoms with Crippen molar-refractivity contribution in [3.05, 3.63) is 65.5 Å². The lowest BCUT2D eigenvalue weighted by molar-refractivity contribution is 0.0697. The third-order valence-corrected chi connectivity index (χ3v) is 2.41. The quantitative estimate of drug-likeness (QED) is 0.654. The molecule has 0 atom stereocenters.